The molecular formula is C9H19NO. The fourth-order valence-electron chi connectivity index (χ4n) is 0.824. The van der Waals surface area contributed by atoms with Gasteiger partial charge in [0.2, 0.25) is 0 Å². The lowest BCUT2D eigenvalue weighted by Crippen LogP contribution is -2.20. The largest absolute Gasteiger partial charge is 0.317 e. The molecule has 0 aromatic heterocycles. The lowest BCUT2D eigenvalue weighted by atomic mass is 10.0. The maximum Gasteiger partial charge on any atom is 0.132 e. The zero-order valence-electron chi connectivity index (χ0n) is 7.81. The van der Waals surface area contributed by atoms with Crippen LogP contribution in [-0.4, -0.2) is 18.9 Å². The molecule has 1 N–H and O–H groups in total. The smallest absolute Gasteiger partial charge is 0.132 e. The van der Waals surface area contributed by atoms with Gasteiger partial charge in [0.05, 0.1) is 0 Å². The fourth-order valence-corrected chi connectivity index (χ4v) is 0.824. The van der Waals surface area contributed by atoms with E-state index in [1.165, 1.54) is 0 Å². The van der Waals surface area contributed by atoms with E-state index in [1.807, 2.05) is 6.92 Å². The Bertz CT molecular complexity index is 112. The van der Waals surface area contributed by atoms with Gasteiger partial charge in [0.1, 0.15) is 5.78 Å². The number of ketones is 1. The van der Waals surface area contributed by atoms with Crippen LogP contribution >= 0.6 is 0 Å². The summed E-state index contributed by atoms with van der Waals surface area (Å²) in [5, 5.41) is 3.27. The summed E-state index contributed by atoms with van der Waals surface area (Å²) in [6.07, 6.45) is 2.13. The molecule has 0 spiro atoms. The molecule has 0 radical (unpaired) electrons. The Balaban J connectivity index is 3.17. The number of Topliss-reactive ketones (excluding diaryl/α,β-unsaturated/α-hetero) is 1. The van der Waals surface area contributed by atoms with Crippen molar-refractivity contribution in [2.24, 2.45) is 5.92 Å². The number of hydrogen-bond donors (Lipinski definition) is 1. The molecule has 0 aliphatic carbocycles. The summed E-state index contributed by atoms with van der Waals surface area (Å²) in [4.78, 5) is 10.8. The van der Waals surface area contributed by atoms with E-state index in [1.54, 1.807) is 6.92 Å². The average molecular weight is 157 g/mol. The highest BCUT2D eigenvalue weighted by Gasteiger charge is 2.05. The summed E-state index contributed by atoms with van der Waals surface area (Å²) in [6, 6.07) is 0. The summed E-state index contributed by atoms with van der Waals surface area (Å²) >= 11 is 0. The van der Waals surface area contributed by atoms with Crippen LogP contribution in [0, 0.1) is 5.92 Å². The molecule has 1 unspecified atom stereocenters. The zero-order chi connectivity index (χ0) is 8.69. The van der Waals surface area contributed by atoms with Crippen LogP contribution in [0.3, 0.4) is 0 Å². The van der Waals surface area contributed by atoms with Gasteiger partial charge in [-0.05, 0) is 32.9 Å². The predicted molar refractivity (Wildman–Crippen MR) is 47.6 cm³/mol. The van der Waals surface area contributed by atoms with Crippen LogP contribution in [0.1, 0.15) is 33.6 Å². The molecule has 11 heavy (non-hydrogen) atoms. The van der Waals surface area contributed by atoms with Gasteiger partial charge in [-0.25, -0.2) is 0 Å². The molecule has 66 valence electrons. The van der Waals surface area contributed by atoms with Crippen LogP contribution in [0.4, 0.5) is 0 Å². The van der Waals surface area contributed by atoms with Crippen molar-refractivity contribution in [3.63, 3.8) is 0 Å². The van der Waals surface area contributed by atoms with Crippen molar-refractivity contribution >= 4 is 5.78 Å². The monoisotopic (exact) mass is 157 g/mol. The van der Waals surface area contributed by atoms with E-state index < -0.39 is 0 Å². The van der Waals surface area contributed by atoms with Crippen LogP contribution < -0.4 is 5.32 Å². The van der Waals surface area contributed by atoms with Crippen molar-refractivity contribution in [2.75, 3.05) is 13.1 Å². The summed E-state index contributed by atoms with van der Waals surface area (Å²) < 4.78 is 0. The molecule has 0 heterocycles. The van der Waals surface area contributed by atoms with Gasteiger partial charge in [-0.15, -0.1) is 0 Å². The third-order valence-electron chi connectivity index (χ3n) is 1.87. The SMILES string of the molecule is CCCNCCC(C)C(C)=O. The number of carbonyl (C=O) groups excluding carboxylic acids is 1. The van der Waals surface area contributed by atoms with Gasteiger partial charge in [0.15, 0.2) is 0 Å². The van der Waals surface area contributed by atoms with Crippen LogP contribution in [0.5, 0.6) is 0 Å². The van der Waals surface area contributed by atoms with Gasteiger partial charge in [0.25, 0.3) is 0 Å². The molecule has 0 aromatic carbocycles. The van der Waals surface area contributed by atoms with Gasteiger partial charge in [0, 0.05) is 5.92 Å². The molecule has 0 rings (SSSR count). The van der Waals surface area contributed by atoms with Crippen molar-refractivity contribution in [3.8, 4) is 0 Å². The molecule has 0 amide bonds. The van der Waals surface area contributed by atoms with E-state index in [4.69, 9.17) is 0 Å². The predicted octanol–water partition coefficient (Wildman–Crippen LogP) is 1.60. The molecule has 2 heteroatoms. The molecular weight excluding hydrogens is 138 g/mol. The first-order valence-corrected chi connectivity index (χ1v) is 4.39. The minimum atomic E-state index is 0.222. The van der Waals surface area contributed by atoms with Crippen molar-refractivity contribution < 1.29 is 4.79 Å². The first kappa shape index (κ1) is 10.6. The molecule has 0 aliphatic rings. The number of nitrogens with one attached hydrogen (secondary N) is 1. The first-order valence-electron chi connectivity index (χ1n) is 4.39. The molecule has 0 saturated carbocycles. The molecule has 2 nitrogen and oxygen atoms in total. The molecule has 0 aliphatic heterocycles. The highest BCUT2D eigenvalue weighted by molar-refractivity contribution is 5.77. The van der Waals surface area contributed by atoms with Gasteiger partial charge in [-0.3, -0.25) is 4.79 Å². The second-order valence-corrected chi connectivity index (χ2v) is 3.05. The zero-order valence-corrected chi connectivity index (χ0v) is 7.81. The Kier molecular flexibility index (Phi) is 6.13. The van der Waals surface area contributed by atoms with E-state index >= 15 is 0 Å². The normalized spacial score (nSPS) is 13.0. The number of hydrogen-bond acceptors (Lipinski definition) is 2. The Labute approximate surface area is 69.4 Å². The van der Waals surface area contributed by atoms with E-state index in [0.29, 0.717) is 5.78 Å². The van der Waals surface area contributed by atoms with Crippen molar-refractivity contribution in [3.05, 3.63) is 0 Å². The Morgan fingerprint density at radius 3 is 2.55 bits per heavy atom. The molecule has 0 saturated heterocycles. The van der Waals surface area contributed by atoms with E-state index in [0.717, 1.165) is 25.9 Å². The second-order valence-electron chi connectivity index (χ2n) is 3.05. The third-order valence-corrected chi connectivity index (χ3v) is 1.87. The van der Waals surface area contributed by atoms with E-state index in [-0.39, 0.29) is 5.92 Å². The summed E-state index contributed by atoms with van der Waals surface area (Å²) in [5.74, 6) is 0.516. The van der Waals surface area contributed by atoms with Gasteiger partial charge < -0.3 is 5.32 Å². The minimum absolute atomic E-state index is 0.222. The standard InChI is InChI=1S/C9H19NO/c1-4-6-10-7-5-8(2)9(3)11/h8,10H,4-7H2,1-3H3. The highest BCUT2D eigenvalue weighted by Crippen LogP contribution is 2.00. The van der Waals surface area contributed by atoms with Crippen LogP contribution in [0.2, 0.25) is 0 Å². The fraction of sp³-hybridized carbons (Fsp3) is 0.889. The topological polar surface area (TPSA) is 29.1 Å². The second kappa shape index (κ2) is 6.35. The quantitative estimate of drug-likeness (QED) is 0.593. The molecule has 0 aromatic rings. The minimum Gasteiger partial charge on any atom is -0.317 e. The van der Waals surface area contributed by atoms with Gasteiger partial charge in [-0.2, -0.15) is 0 Å². The number of rotatable bonds is 6. The lowest BCUT2D eigenvalue weighted by Gasteiger charge is -2.07. The maximum absolute atomic E-state index is 10.8. The van der Waals surface area contributed by atoms with Crippen LogP contribution in [-0.2, 0) is 4.79 Å². The van der Waals surface area contributed by atoms with Crippen molar-refractivity contribution in [1.29, 1.82) is 0 Å². The summed E-state index contributed by atoms with van der Waals surface area (Å²) in [5.41, 5.74) is 0. The Hall–Kier alpha value is -0.370. The third kappa shape index (κ3) is 6.05. The molecule has 1 atom stereocenters. The summed E-state index contributed by atoms with van der Waals surface area (Å²) in [6.45, 7) is 7.81. The molecule has 0 bridgehead atoms. The number of carbonyl (C=O) groups is 1. The van der Waals surface area contributed by atoms with E-state index in [9.17, 15) is 4.79 Å². The maximum atomic E-state index is 10.8. The van der Waals surface area contributed by atoms with Gasteiger partial charge >= 0.3 is 0 Å². The lowest BCUT2D eigenvalue weighted by molar-refractivity contribution is -0.120. The van der Waals surface area contributed by atoms with E-state index in [2.05, 4.69) is 12.2 Å². The van der Waals surface area contributed by atoms with Crippen LogP contribution in [0.15, 0.2) is 0 Å². The van der Waals surface area contributed by atoms with Crippen LogP contribution in [0.25, 0.3) is 0 Å². The van der Waals surface area contributed by atoms with Gasteiger partial charge in [-0.1, -0.05) is 13.8 Å². The first-order chi connectivity index (χ1) is 5.18. The average Bonchev–Trinajstić information content (AvgIpc) is 1.97. The Morgan fingerprint density at radius 1 is 1.45 bits per heavy atom. The Morgan fingerprint density at radius 2 is 2.09 bits per heavy atom. The molecule has 0 fully saturated rings. The highest BCUT2D eigenvalue weighted by atomic mass is 16.1. The van der Waals surface area contributed by atoms with Crippen molar-refractivity contribution in [2.45, 2.75) is 33.6 Å². The van der Waals surface area contributed by atoms with Crippen molar-refractivity contribution in [1.82, 2.24) is 5.32 Å². The summed E-state index contributed by atoms with van der Waals surface area (Å²) in [7, 11) is 0.